The number of nitrogens with one attached hydrogen (secondary N) is 1. The van der Waals surface area contributed by atoms with E-state index in [1.54, 1.807) is 12.1 Å². The van der Waals surface area contributed by atoms with Crippen molar-refractivity contribution < 1.29 is 13.3 Å². The standard InChI is InChI=1S/C16H20N6O4S/c1-27(25,26)19-15-16(18-7-6-17-15)21-10-8-20(9-11-21)12-13-2-4-14(5-3-13)22(23)24/h2-7H,8-12H2,1H3,(H,17,19). The molecule has 11 heteroatoms. The molecule has 0 spiro atoms. The summed E-state index contributed by atoms with van der Waals surface area (Å²) in [5.41, 5.74) is 1.09. The van der Waals surface area contributed by atoms with E-state index in [-0.39, 0.29) is 11.5 Å². The minimum Gasteiger partial charge on any atom is -0.351 e. The highest BCUT2D eigenvalue weighted by molar-refractivity contribution is 7.92. The molecule has 0 radical (unpaired) electrons. The van der Waals surface area contributed by atoms with Crippen LogP contribution in [-0.4, -0.2) is 60.6 Å². The highest BCUT2D eigenvalue weighted by atomic mass is 32.2. The van der Waals surface area contributed by atoms with Crippen molar-refractivity contribution >= 4 is 27.3 Å². The third-order valence-electron chi connectivity index (χ3n) is 4.19. The van der Waals surface area contributed by atoms with Crippen LogP contribution in [0.1, 0.15) is 5.56 Å². The fourth-order valence-corrected chi connectivity index (χ4v) is 3.40. The van der Waals surface area contributed by atoms with Gasteiger partial charge in [0.1, 0.15) is 0 Å². The molecule has 1 aliphatic rings. The van der Waals surface area contributed by atoms with Gasteiger partial charge in [0.2, 0.25) is 10.0 Å². The average molecular weight is 392 g/mol. The number of nitro benzene ring substituents is 1. The van der Waals surface area contributed by atoms with Crippen LogP contribution in [0.15, 0.2) is 36.7 Å². The Hall–Kier alpha value is -2.79. The van der Waals surface area contributed by atoms with Gasteiger partial charge in [-0.05, 0) is 5.56 Å². The van der Waals surface area contributed by atoms with Crippen LogP contribution in [0.3, 0.4) is 0 Å². The van der Waals surface area contributed by atoms with Gasteiger partial charge in [0.05, 0.1) is 11.2 Å². The summed E-state index contributed by atoms with van der Waals surface area (Å²) in [4.78, 5) is 22.9. The van der Waals surface area contributed by atoms with Crippen molar-refractivity contribution in [3.8, 4) is 0 Å². The van der Waals surface area contributed by atoms with Crippen molar-refractivity contribution in [2.24, 2.45) is 0 Å². The van der Waals surface area contributed by atoms with E-state index in [1.807, 2.05) is 4.90 Å². The number of nitrogens with zero attached hydrogens (tertiary/aromatic N) is 5. The van der Waals surface area contributed by atoms with Crippen LogP contribution in [-0.2, 0) is 16.6 Å². The topological polar surface area (TPSA) is 122 Å². The van der Waals surface area contributed by atoms with Crippen LogP contribution in [0.25, 0.3) is 0 Å². The Labute approximate surface area is 157 Å². The first-order valence-corrected chi connectivity index (χ1v) is 10.2. The number of aromatic nitrogens is 2. The molecule has 2 aromatic rings. The molecule has 1 N–H and O–H groups in total. The lowest BCUT2D eigenvalue weighted by Crippen LogP contribution is -2.46. The molecule has 144 valence electrons. The maximum absolute atomic E-state index is 11.5. The molecule has 0 atom stereocenters. The van der Waals surface area contributed by atoms with Gasteiger partial charge in [0.25, 0.3) is 5.69 Å². The van der Waals surface area contributed by atoms with Crippen LogP contribution in [0.5, 0.6) is 0 Å². The highest BCUT2D eigenvalue weighted by Gasteiger charge is 2.22. The van der Waals surface area contributed by atoms with Crippen LogP contribution in [0, 0.1) is 10.1 Å². The SMILES string of the molecule is CS(=O)(=O)Nc1nccnc1N1CCN(Cc2ccc([N+](=O)[O-])cc2)CC1. The lowest BCUT2D eigenvalue weighted by molar-refractivity contribution is -0.384. The minimum absolute atomic E-state index is 0.0807. The normalized spacial score (nSPS) is 15.5. The van der Waals surface area contributed by atoms with Crippen LogP contribution >= 0.6 is 0 Å². The van der Waals surface area contributed by atoms with Gasteiger partial charge in [-0.3, -0.25) is 19.7 Å². The summed E-state index contributed by atoms with van der Waals surface area (Å²) in [5.74, 6) is 0.738. The van der Waals surface area contributed by atoms with Crippen molar-refractivity contribution in [1.82, 2.24) is 14.9 Å². The highest BCUT2D eigenvalue weighted by Crippen LogP contribution is 2.23. The summed E-state index contributed by atoms with van der Waals surface area (Å²) in [5, 5.41) is 10.7. The second kappa shape index (κ2) is 7.84. The van der Waals surface area contributed by atoms with Crippen LogP contribution < -0.4 is 9.62 Å². The Morgan fingerprint density at radius 3 is 2.33 bits per heavy atom. The fraction of sp³-hybridized carbons (Fsp3) is 0.375. The van der Waals surface area contributed by atoms with Crippen molar-refractivity contribution in [1.29, 1.82) is 0 Å². The maximum atomic E-state index is 11.5. The monoisotopic (exact) mass is 392 g/mol. The third-order valence-corrected chi connectivity index (χ3v) is 4.75. The molecule has 0 unspecified atom stereocenters. The quantitative estimate of drug-likeness (QED) is 0.572. The fourth-order valence-electron chi connectivity index (χ4n) is 2.91. The predicted octanol–water partition coefficient (Wildman–Crippen LogP) is 1.08. The summed E-state index contributed by atoms with van der Waals surface area (Å²) in [7, 11) is -3.44. The van der Waals surface area contributed by atoms with Gasteiger partial charge in [-0.25, -0.2) is 18.4 Å². The zero-order valence-electron chi connectivity index (χ0n) is 14.8. The van der Waals surface area contributed by atoms with E-state index in [0.717, 1.165) is 24.9 Å². The molecule has 3 rings (SSSR count). The number of nitro groups is 1. The van der Waals surface area contributed by atoms with Gasteiger partial charge < -0.3 is 4.90 Å². The van der Waals surface area contributed by atoms with E-state index < -0.39 is 14.9 Å². The summed E-state index contributed by atoms with van der Waals surface area (Å²) in [6.45, 7) is 3.55. The van der Waals surface area contributed by atoms with Gasteiger partial charge >= 0.3 is 0 Å². The number of non-ortho nitro benzene ring substituents is 1. The van der Waals surface area contributed by atoms with E-state index in [4.69, 9.17) is 0 Å². The minimum atomic E-state index is -3.44. The summed E-state index contributed by atoms with van der Waals surface area (Å²) >= 11 is 0. The maximum Gasteiger partial charge on any atom is 0.269 e. The molecule has 0 saturated carbocycles. The third kappa shape index (κ3) is 5.11. The number of piperazine rings is 1. The first-order valence-electron chi connectivity index (χ1n) is 8.31. The van der Waals surface area contributed by atoms with Gasteiger partial charge in [0.15, 0.2) is 11.6 Å². The lowest BCUT2D eigenvalue weighted by atomic mass is 10.2. The van der Waals surface area contributed by atoms with Crippen LogP contribution in [0.4, 0.5) is 17.3 Å². The summed E-state index contributed by atoms with van der Waals surface area (Å²) in [6.07, 6.45) is 4.06. The lowest BCUT2D eigenvalue weighted by Gasteiger charge is -2.35. The number of hydrogen-bond acceptors (Lipinski definition) is 8. The predicted molar refractivity (Wildman–Crippen MR) is 101 cm³/mol. The zero-order chi connectivity index (χ0) is 19.4. The first-order chi connectivity index (χ1) is 12.8. The van der Waals surface area contributed by atoms with Crippen molar-refractivity contribution in [2.45, 2.75) is 6.54 Å². The second-order valence-electron chi connectivity index (χ2n) is 6.29. The molecule has 0 bridgehead atoms. The molecular formula is C16H20N6O4S. The first kappa shape index (κ1) is 19.0. The van der Waals surface area contributed by atoms with E-state index in [9.17, 15) is 18.5 Å². The number of anilines is 2. The molecule has 2 heterocycles. The molecule has 0 amide bonds. The molecule has 1 aromatic heterocycles. The Kier molecular flexibility index (Phi) is 5.51. The average Bonchev–Trinajstić information content (AvgIpc) is 2.62. The van der Waals surface area contributed by atoms with E-state index in [1.165, 1.54) is 24.5 Å². The van der Waals surface area contributed by atoms with Gasteiger partial charge in [0, 0.05) is 57.3 Å². The molecule has 1 saturated heterocycles. The Balaban J connectivity index is 1.61. The number of benzene rings is 1. The molecule has 1 fully saturated rings. The molecule has 0 aliphatic carbocycles. The number of sulfonamides is 1. The van der Waals surface area contributed by atoms with Gasteiger partial charge in [-0.2, -0.15) is 0 Å². The second-order valence-corrected chi connectivity index (χ2v) is 8.04. The molecule has 1 aliphatic heterocycles. The molecule has 10 nitrogen and oxygen atoms in total. The smallest absolute Gasteiger partial charge is 0.269 e. The van der Waals surface area contributed by atoms with E-state index in [0.29, 0.717) is 25.5 Å². The zero-order valence-corrected chi connectivity index (χ0v) is 15.6. The van der Waals surface area contributed by atoms with Crippen molar-refractivity contribution in [3.63, 3.8) is 0 Å². The largest absolute Gasteiger partial charge is 0.351 e. The molecule has 1 aromatic carbocycles. The number of rotatable bonds is 6. The number of hydrogen-bond donors (Lipinski definition) is 1. The summed E-state index contributed by atoms with van der Waals surface area (Å²) < 4.78 is 25.4. The molecular weight excluding hydrogens is 372 g/mol. The Bertz CT molecular complexity index is 911. The van der Waals surface area contributed by atoms with Crippen LogP contribution in [0.2, 0.25) is 0 Å². The van der Waals surface area contributed by atoms with E-state index in [2.05, 4.69) is 19.6 Å². The van der Waals surface area contributed by atoms with E-state index >= 15 is 0 Å². The molecule has 27 heavy (non-hydrogen) atoms. The van der Waals surface area contributed by atoms with Gasteiger partial charge in [-0.1, -0.05) is 12.1 Å². The van der Waals surface area contributed by atoms with Crippen molar-refractivity contribution in [3.05, 3.63) is 52.3 Å². The Morgan fingerprint density at radius 1 is 1.11 bits per heavy atom. The van der Waals surface area contributed by atoms with Gasteiger partial charge in [-0.15, -0.1) is 0 Å². The van der Waals surface area contributed by atoms with Crippen molar-refractivity contribution in [2.75, 3.05) is 42.1 Å². The Morgan fingerprint density at radius 2 is 1.74 bits per heavy atom. The summed E-state index contributed by atoms with van der Waals surface area (Å²) in [6, 6.07) is 6.55.